The second kappa shape index (κ2) is 2.20. The van der Waals surface area contributed by atoms with Crippen LogP contribution in [0.4, 0.5) is 0 Å². The van der Waals surface area contributed by atoms with Crippen LogP contribution in [0, 0.1) is 6.92 Å². The molecule has 0 atom stereocenters. The summed E-state index contributed by atoms with van der Waals surface area (Å²) in [7, 11) is 0. The second-order valence-corrected chi connectivity index (χ2v) is 2.68. The topological polar surface area (TPSA) is 30.2 Å². The summed E-state index contributed by atoms with van der Waals surface area (Å²) in [4.78, 5) is 4.03. The Kier molecular flexibility index (Phi) is 1.32. The van der Waals surface area contributed by atoms with Crippen LogP contribution in [0.25, 0.3) is 5.65 Å². The highest BCUT2D eigenvalue weighted by Gasteiger charge is 2.00. The predicted octanol–water partition coefficient (Wildman–Crippen LogP) is 1.69. The first kappa shape index (κ1) is 6.61. The molecule has 0 saturated heterocycles. The summed E-state index contributed by atoms with van der Waals surface area (Å²) in [5.41, 5.74) is 1.89. The van der Waals surface area contributed by atoms with Crippen LogP contribution in [-0.4, -0.2) is 14.6 Å². The first-order valence-corrected chi connectivity index (χ1v) is 3.62. The molecule has 0 fully saturated rings. The van der Waals surface area contributed by atoms with Gasteiger partial charge in [-0.3, -0.25) is 0 Å². The molecule has 2 heterocycles. The molecule has 4 heteroatoms. The average molecular weight is 168 g/mol. The van der Waals surface area contributed by atoms with Crippen molar-refractivity contribution in [2.45, 2.75) is 6.92 Å². The zero-order valence-electron chi connectivity index (χ0n) is 5.95. The van der Waals surface area contributed by atoms with E-state index in [0.29, 0.717) is 5.28 Å². The zero-order chi connectivity index (χ0) is 7.84. The molecule has 11 heavy (non-hydrogen) atoms. The maximum Gasteiger partial charge on any atom is 0.243 e. The van der Waals surface area contributed by atoms with E-state index in [1.807, 2.05) is 25.3 Å². The number of fused-ring (bicyclic) bond motifs is 1. The smallest absolute Gasteiger partial charge is 0.219 e. The fourth-order valence-corrected chi connectivity index (χ4v) is 1.17. The Morgan fingerprint density at radius 1 is 1.55 bits per heavy atom. The minimum Gasteiger partial charge on any atom is -0.219 e. The molecule has 56 valence electrons. The van der Waals surface area contributed by atoms with E-state index in [1.54, 1.807) is 4.52 Å². The third-order valence-corrected chi connectivity index (χ3v) is 1.69. The number of hydrogen-bond acceptors (Lipinski definition) is 2. The van der Waals surface area contributed by atoms with Gasteiger partial charge in [0.1, 0.15) is 0 Å². The molecular weight excluding hydrogens is 162 g/mol. The lowest BCUT2D eigenvalue weighted by Crippen LogP contribution is -1.87. The van der Waals surface area contributed by atoms with E-state index >= 15 is 0 Å². The van der Waals surface area contributed by atoms with E-state index in [4.69, 9.17) is 11.6 Å². The lowest BCUT2D eigenvalue weighted by molar-refractivity contribution is 0.956. The molecule has 0 aliphatic rings. The minimum absolute atomic E-state index is 0.291. The van der Waals surface area contributed by atoms with Gasteiger partial charge in [0.25, 0.3) is 0 Å². The van der Waals surface area contributed by atoms with Gasteiger partial charge in [-0.05, 0) is 30.2 Å². The second-order valence-electron chi connectivity index (χ2n) is 2.34. The van der Waals surface area contributed by atoms with Gasteiger partial charge in [-0.1, -0.05) is 6.07 Å². The fourth-order valence-electron chi connectivity index (χ4n) is 1.01. The minimum atomic E-state index is 0.291. The van der Waals surface area contributed by atoms with Crippen molar-refractivity contribution >= 4 is 17.2 Å². The normalized spacial score (nSPS) is 10.7. The monoisotopic (exact) mass is 167 g/mol. The number of rotatable bonds is 0. The van der Waals surface area contributed by atoms with Gasteiger partial charge in [-0.15, -0.1) is 5.10 Å². The molecule has 0 saturated carbocycles. The van der Waals surface area contributed by atoms with Gasteiger partial charge in [0.2, 0.25) is 5.28 Å². The maximum absolute atomic E-state index is 5.61. The van der Waals surface area contributed by atoms with Crippen LogP contribution in [0.1, 0.15) is 5.56 Å². The highest BCUT2D eigenvalue weighted by atomic mass is 35.5. The Morgan fingerprint density at radius 3 is 3.09 bits per heavy atom. The third kappa shape index (κ3) is 0.973. The van der Waals surface area contributed by atoms with Gasteiger partial charge in [0, 0.05) is 6.20 Å². The van der Waals surface area contributed by atoms with Crippen LogP contribution >= 0.6 is 11.6 Å². The van der Waals surface area contributed by atoms with Crippen molar-refractivity contribution < 1.29 is 0 Å². The summed E-state index contributed by atoms with van der Waals surface area (Å²) in [6, 6.07) is 3.88. The molecule has 0 spiro atoms. The largest absolute Gasteiger partial charge is 0.243 e. The number of hydrogen-bond donors (Lipinski definition) is 0. The molecule has 3 nitrogen and oxygen atoms in total. The Morgan fingerprint density at radius 2 is 2.36 bits per heavy atom. The van der Waals surface area contributed by atoms with Crippen molar-refractivity contribution in [1.29, 1.82) is 0 Å². The molecular formula is C7H6ClN3. The van der Waals surface area contributed by atoms with Gasteiger partial charge in [-0.2, -0.15) is 4.98 Å². The van der Waals surface area contributed by atoms with Crippen molar-refractivity contribution in [3.05, 3.63) is 29.2 Å². The van der Waals surface area contributed by atoms with Crippen LogP contribution in [0.15, 0.2) is 18.3 Å². The number of halogens is 1. The van der Waals surface area contributed by atoms with Crippen LogP contribution in [-0.2, 0) is 0 Å². The fraction of sp³-hybridized carbons (Fsp3) is 0.143. The number of nitrogens with zero attached hydrogens (tertiary/aromatic N) is 3. The molecule has 0 bridgehead atoms. The van der Waals surface area contributed by atoms with Gasteiger partial charge >= 0.3 is 0 Å². The Bertz CT molecular complexity index is 393. The molecule has 0 unspecified atom stereocenters. The van der Waals surface area contributed by atoms with E-state index in [2.05, 4.69) is 10.1 Å². The van der Waals surface area contributed by atoms with Gasteiger partial charge in [0.05, 0.1) is 0 Å². The molecule has 2 rings (SSSR count). The molecule has 0 aliphatic heterocycles. The standard InChI is InChI=1S/C7H6ClN3/c1-5-3-2-4-11-6(5)9-7(8)10-11/h2-4H,1H3. The lowest BCUT2D eigenvalue weighted by atomic mass is 10.3. The van der Waals surface area contributed by atoms with Gasteiger partial charge < -0.3 is 0 Å². The van der Waals surface area contributed by atoms with E-state index in [0.717, 1.165) is 11.2 Å². The van der Waals surface area contributed by atoms with E-state index < -0.39 is 0 Å². The highest BCUT2D eigenvalue weighted by Crippen LogP contribution is 2.09. The summed E-state index contributed by atoms with van der Waals surface area (Å²) in [6.07, 6.45) is 1.82. The van der Waals surface area contributed by atoms with Crippen LogP contribution in [0.3, 0.4) is 0 Å². The first-order valence-electron chi connectivity index (χ1n) is 3.25. The van der Waals surface area contributed by atoms with Gasteiger partial charge in [-0.25, -0.2) is 4.52 Å². The SMILES string of the molecule is Cc1cccn2nc(Cl)nc12. The molecule has 0 radical (unpaired) electrons. The van der Waals surface area contributed by atoms with Crippen molar-refractivity contribution in [3.63, 3.8) is 0 Å². The van der Waals surface area contributed by atoms with Crippen LogP contribution in [0.2, 0.25) is 5.28 Å². The lowest BCUT2D eigenvalue weighted by Gasteiger charge is -1.91. The third-order valence-electron chi connectivity index (χ3n) is 1.53. The molecule has 0 amide bonds. The van der Waals surface area contributed by atoms with E-state index in [1.165, 1.54) is 0 Å². The van der Waals surface area contributed by atoms with Crippen LogP contribution < -0.4 is 0 Å². The molecule has 2 aromatic heterocycles. The average Bonchev–Trinajstić information content (AvgIpc) is 2.31. The quantitative estimate of drug-likeness (QED) is 0.598. The van der Waals surface area contributed by atoms with E-state index in [-0.39, 0.29) is 0 Å². The Balaban J connectivity index is 2.90. The maximum atomic E-state index is 5.61. The summed E-state index contributed by atoms with van der Waals surface area (Å²) in [6.45, 7) is 1.97. The number of aromatic nitrogens is 3. The molecule has 0 N–H and O–H groups in total. The highest BCUT2D eigenvalue weighted by molar-refractivity contribution is 6.28. The Labute approximate surface area is 68.6 Å². The van der Waals surface area contributed by atoms with E-state index in [9.17, 15) is 0 Å². The molecule has 0 aliphatic carbocycles. The Hall–Kier alpha value is -1.09. The molecule has 2 aromatic rings. The van der Waals surface area contributed by atoms with Gasteiger partial charge in [0.15, 0.2) is 5.65 Å². The molecule has 0 aromatic carbocycles. The number of pyridine rings is 1. The summed E-state index contributed by atoms with van der Waals surface area (Å²) < 4.78 is 1.66. The summed E-state index contributed by atoms with van der Waals surface area (Å²) in [5, 5.41) is 4.24. The predicted molar refractivity (Wildman–Crippen MR) is 42.7 cm³/mol. The van der Waals surface area contributed by atoms with Crippen molar-refractivity contribution in [1.82, 2.24) is 14.6 Å². The van der Waals surface area contributed by atoms with Crippen molar-refractivity contribution in [3.8, 4) is 0 Å². The zero-order valence-corrected chi connectivity index (χ0v) is 6.71. The van der Waals surface area contributed by atoms with Crippen molar-refractivity contribution in [2.24, 2.45) is 0 Å². The van der Waals surface area contributed by atoms with Crippen LogP contribution in [0.5, 0.6) is 0 Å². The first-order chi connectivity index (χ1) is 5.27. The summed E-state index contributed by atoms with van der Waals surface area (Å²) in [5.74, 6) is 0. The summed E-state index contributed by atoms with van der Waals surface area (Å²) >= 11 is 5.61. The van der Waals surface area contributed by atoms with Crippen molar-refractivity contribution in [2.75, 3.05) is 0 Å². The number of aryl methyl sites for hydroxylation is 1.